The molecule has 0 aliphatic heterocycles. The average Bonchev–Trinajstić information content (AvgIpc) is 2.81. The Morgan fingerprint density at radius 2 is 2.31 bits per heavy atom. The molecule has 0 radical (unpaired) electrons. The Bertz CT molecular complexity index is 508. The largest absolute Gasteiger partial charge is 0.494 e. The minimum Gasteiger partial charge on any atom is -0.494 e. The van der Waals surface area contributed by atoms with Crippen molar-refractivity contribution < 1.29 is 14.6 Å². The van der Waals surface area contributed by atoms with Crippen molar-refractivity contribution in [3.8, 4) is 11.4 Å². The van der Waals surface area contributed by atoms with Gasteiger partial charge in [-0.3, -0.25) is 0 Å². The standard InChI is InChI=1S/C10H9N3O3/c1-16-8-4-2-3-7(10(14)15)9(8)13-6-5-11-12-13/h2-6H,1H3,(H,14,15). The van der Waals surface area contributed by atoms with Crippen molar-refractivity contribution in [2.24, 2.45) is 0 Å². The van der Waals surface area contributed by atoms with E-state index in [0.29, 0.717) is 11.4 Å². The number of ether oxygens (including phenoxy) is 1. The molecule has 0 aliphatic carbocycles. The fourth-order valence-electron chi connectivity index (χ4n) is 1.42. The van der Waals surface area contributed by atoms with Crippen LogP contribution in [0.15, 0.2) is 30.6 Å². The first-order valence-corrected chi connectivity index (χ1v) is 4.51. The zero-order valence-electron chi connectivity index (χ0n) is 8.49. The maximum absolute atomic E-state index is 11.1. The van der Waals surface area contributed by atoms with Gasteiger partial charge in [0.25, 0.3) is 0 Å². The average molecular weight is 219 g/mol. The second-order valence-corrected chi connectivity index (χ2v) is 3.01. The van der Waals surface area contributed by atoms with E-state index in [1.54, 1.807) is 18.3 Å². The van der Waals surface area contributed by atoms with Crippen LogP contribution in [0.1, 0.15) is 10.4 Å². The molecule has 82 valence electrons. The monoisotopic (exact) mass is 219 g/mol. The highest BCUT2D eigenvalue weighted by molar-refractivity contribution is 5.93. The number of carbonyl (C=O) groups is 1. The predicted octanol–water partition coefficient (Wildman–Crippen LogP) is 0.974. The van der Waals surface area contributed by atoms with Crippen LogP contribution in [0.4, 0.5) is 0 Å². The number of benzene rings is 1. The third-order valence-corrected chi connectivity index (χ3v) is 2.10. The molecule has 0 fully saturated rings. The van der Waals surface area contributed by atoms with Gasteiger partial charge < -0.3 is 9.84 Å². The van der Waals surface area contributed by atoms with E-state index >= 15 is 0 Å². The third kappa shape index (κ3) is 1.60. The summed E-state index contributed by atoms with van der Waals surface area (Å²) in [4.78, 5) is 11.1. The molecular formula is C10H9N3O3. The molecule has 2 rings (SSSR count). The minimum atomic E-state index is -1.04. The van der Waals surface area contributed by atoms with Crippen molar-refractivity contribution in [2.75, 3.05) is 7.11 Å². The number of hydrogen-bond acceptors (Lipinski definition) is 4. The van der Waals surface area contributed by atoms with Crippen molar-refractivity contribution in [1.29, 1.82) is 0 Å². The highest BCUT2D eigenvalue weighted by atomic mass is 16.5. The SMILES string of the molecule is COc1cccc(C(=O)O)c1-n1ccnn1. The molecular weight excluding hydrogens is 210 g/mol. The summed E-state index contributed by atoms with van der Waals surface area (Å²) in [6.07, 6.45) is 3.03. The lowest BCUT2D eigenvalue weighted by Crippen LogP contribution is -2.08. The molecule has 0 bridgehead atoms. The predicted molar refractivity (Wildman–Crippen MR) is 54.9 cm³/mol. The van der Waals surface area contributed by atoms with E-state index in [4.69, 9.17) is 9.84 Å². The minimum absolute atomic E-state index is 0.116. The lowest BCUT2D eigenvalue weighted by atomic mass is 10.1. The molecule has 1 aromatic carbocycles. The number of carboxylic acid groups (broad SMARTS) is 1. The number of aromatic carboxylic acids is 1. The molecule has 0 saturated carbocycles. The van der Waals surface area contributed by atoms with Crippen LogP contribution in [-0.2, 0) is 0 Å². The number of nitrogens with zero attached hydrogens (tertiary/aromatic N) is 3. The van der Waals surface area contributed by atoms with Crippen LogP contribution in [0.3, 0.4) is 0 Å². The molecule has 6 nitrogen and oxygen atoms in total. The van der Waals surface area contributed by atoms with Crippen molar-refractivity contribution in [3.05, 3.63) is 36.2 Å². The van der Waals surface area contributed by atoms with E-state index in [2.05, 4.69) is 10.3 Å². The van der Waals surface area contributed by atoms with Crippen molar-refractivity contribution >= 4 is 5.97 Å². The maximum atomic E-state index is 11.1. The summed E-state index contributed by atoms with van der Waals surface area (Å²) in [6, 6.07) is 4.77. The van der Waals surface area contributed by atoms with Crippen LogP contribution >= 0.6 is 0 Å². The van der Waals surface area contributed by atoms with Gasteiger partial charge in [-0.05, 0) is 12.1 Å². The number of aromatic nitrogens is 3. The molecule has 2 aromatic rings. The molecule has 16 heavy (non-hydrogen) atoms. The molecule has 1 heterocycles. The first-order valence-electron chi connectivity index (χ1n) is 4.51. The zero-order valence-corrected chi connectivity index (χ0v) is 8.49. The smallest absolute Gasteiger partial charge is 0.338 e. The Hall–Kier alpha value is -2.37. The van der Waals surface area contributed by atoms with E-state index in [-0.39, 0.29) is 5.56 Å². The van der Waals surface area contributed by atoms with Crippen molar-refractivity contribution in [2.45, 2.75) is 0 Å². The molecule has 0 atom stereocenters. The summed E-state index contributed by atoms with van der Waals surface area (Å²) in [5.74, 6) is -0.602. The molecule has 1 aromatic heterocycles. The van der Waals surface area contributed by atoms with E-state index < -0.39 is 5.97 Å². The molecule has 6 heteroatoms. The van der Waals surface area contributed by atoms with Crippen LogP contribution in [0.25, 0.3) is 5.69 Å². The Labute approximate surface area is 91.1 Å². The number of carboxylic acids is 1. The van der Waals surface area contributed by atoms with Crippen molar-refractivity contribution in [1.82, 2.24) is 15.0 Å². The fourth-order valence-corrected chi connectivity index (χ4v) is 1.42. The van der Waals surface area contributed by atoms with Gasteiger partial charge in [-0.1, -0.05) is 11.3 Å². The van der Waals surface area contributed by atoms with Gasteiger partial charge in [0.05, 0.1) is 25.1 Å². The normalized spacial score (nSPS) is 10.1. The Morgan fingerprint density at radius 1 is 1.50 bits per heavy atom. The summed E-state index contributed by atoms with van der Waals surface area (Å²) in [5.41, 5.74) is 0.486. The quantitative estimate of drug-likeness (QED) is 0.832. The highest BCUT2D eigenvalue weighted by Crippen LogP contribution is 2.25. The van der Waals surface area contributed by atoms with Crippen molar-refractivity contribution in [3.63, 3.8) is 0 Å². The molecule has 0 unspecified atom stereocenters. The number of hydrogen-bond donors (Lipinski definition) is 1. The number of rotatable bonds is 3. The van der Waals surface area contributed by atoms with Gasteiger partial charge >= 0.3 is 5.97 Å². The van der Waals surface area contributed by atoms with Crippen LogP contribution in [0, 0.1) is 0 Å². The van der Waals surface area contributed by atoms with E-state index in [1.165, 1.54) is 24.1 Å². The molecule has 0 aliphatic rings. The molecule has 1 N–H and O–H groups in total. The highest BCUT2D eigenvalue weighted by Gasteiger charge is 2.16. The zero-order chi connectivity index (χ0) is 11.5. The first-order chi connectivity index (χ1) is 7.74. The Morgan fingerprint density at radius 3 is 2.88 bits per heavy atom. The second kappa shape index (κ2) is 4.01. The van der Waals surface area contributed by atoms with E-state index in [1.807, 2.05) is 0 Å². The Kier molecular flexibility index (Phi) is 2.55. The van der Waals surface area contributed by atoms with Gasteiger partial charge in [-0.25, -0.2) is 9.48 Å². The summed E-state index contributed by atoms with van der Waals surface area (Å²) in [6.45, 7) is 0. The lowest BCUT2D eigenvalue weighted by Gasteiger charge is -2.10. The number of methoxy groups -OCH3 is 1. The van der Waals surface area contributed by atoms with Crippen LogP contribution in [-0.4, -0.2) is 33.2 Å². The third-order valence-electron chi connectivity index (χ3n) is 2.10. The summed E-state index contributed by atoms with van der Waals surface area (Å²) in [5, 5.41) is 16.5. The van der Waals surface area contributed by atoms with Gasteiger partial charge in [-0.2, -0.15) is 0 Å². The van der Waals surface area contributed by atoms with Crippen LogP contribution < -0.4 is 4.74 Å². The molecule has 0 saturated heterocycles. The summed E-state index contributed by atoms with van der Waals surface area (Å²) in [7, 11) is 1.47. The molecule has 0 amide bonds. The lowest BCUT2D eigenvalue weighted by molar-refractivity contribution is 0.0696. The van der Waals surface area contributed by atoms with Gasteiger partial charge in [-0.15, -0.1) is 5.10 Å². The Balaban J connectivity index is 2.68. The summed E-state index contributed by atoms with van der Waals surface area (Å²) >= 11 is 0. The topological polar surface area (TPSA) is 77.2 Å². The first kappa shape index (κ1) is 10.2. The fraction of sp³-hybridized carbons (Fsp3) is 0.100. The van der Waals surface area contributed by atoms with Gasteiger partial charge in [0.2, 0.25) is 0 Å². The van der Waals surface area contributed by atoms with Crippen LogP contribution in [0.2, 0.25) is 0 Å². The van der Waals surface area contributed by atoms with Gasteiger partial charge in [0.1, 0.15) is 11.4 Å². The second-order valence-electron chi connectivity index (χ2n) is 3.01. The van der Waals surface area contributed by atoms with E-state index in [0.717, 1.165) is 0 Å². The summed E-state index contributed by atoms with van der Waals surface area (Å²) < 4.78 is 6.47. The maximum Gasteiger partial charge on any atom is 0.338 e. The molecule has 0 spiro atoms. The van der Waals surface area contributed by atoms with E-state index in [9.17, 15) is 4.79 Å². The van der Waals surface area contributed by atoms with Gasteiger partial charge in [0.15, 0.2) is 0 Å². The van der Waals surface area contributed by atoms with Gasteiger partial charge in [0, 0.05) is 0 Å². The van der Waals surface area contributed by atoms with Crippen LogP contribution in [0.5, 0.6) is 5.75 Å². The number of para-hydroxylation sites is 1.